The van der Waals surface area contributed by atoms with Gasteiger partial charge in [0.2, 0.25) is 0 Å². The first-order valence-corrected chi connectivity index (χ1v) is 7.64. The topological polar surface area (TPSA) is 75.4 Å². The molecule has 114 valence electrons. The number of oxazole rings is 1. The summed E-state index contributed by atoms with van der Waals surface area (Å²) >= 11 is 1.47. The van der Waals surface area contributed by atoms with Crippen LogP contribution in [0.4, 0.5) is 0 Å². The van der Waals surface area contributed by atoms with E-state index in [-0.39, 0.29) is 11.3 Å². The van der Waals surface area contributed by atoms with Gasteiger partial charge in [-0.05, 0) is 41.0 Å². The van der Waals surface area contributed by atoms with Gasteiger partial charge in [0.15, 0.2) is 0 Å². The molecule has 1 rings (SSSR count). The second kappa shape index (κ2) is 6.63. The maximum Gasteiger partial charge on any atom is 0.323 e. The van der Waals surface area contributed by atoms with Crippen molar-refractivity contribution in [3.63, 3.8) is 0 Å². The zero-order valence-corrected chi connectivity index (χ0v) is 13.8. The van der Waals surface area contributed by atoms with Gasteiger partial charge in [0.1, 0.15) is 11.3 Å². The Balaban J connectivity index is 2.71. The lowest BCUT2D eigenvalue weighted by Crippen LogP contribution is -2.53. The average Bonchev–Trinajstić information content (AvgIpc) is 2.55. The van der Waals surface area contributed by atoms with Crippen molar-refractivity contribution >= 4 is 17.7 Å². The molecule has 0 saturated heterocycles. The summed E-state index contributed by atoms with van der Waals surface area (Å²) in [6.07, 6.45) is 0.492. The molecule has 0 aliphatic carbocycles. The first-order chi connectivity index (χ1) is 9.14. The van der Waals surface area contributed by atoms with Gasteiger partial charge in [0.05, 0.1) is 5.69 Å². The van der Waals surface area contributed by atoms with Crippen LogP contribution >= 0.6 is 11.8 Å². The Hall–Kier alpha value is -1.01. The van der Waals surface area contributed by atoms with Crippen LogP contribution in [0.1, 0.15) is 45.6 Å². The summed E-state index contributed by atoms with van der Waals surface area (Å²) in [4.78, 5) is 15.8. The van der Waals surface area contributed by atoms with Gasteiger partial charge in [0.25, 0.3) is 5.22 Å². The van der Waals surface area contributed by atoms with Crippen molar-refractivity contribution in [3.05, 3.63) is 11.5 Å². The van der Waals surface area contributed by atoms with Crippen molar-refractivity contribution in [2.24, 2.45) is 0 Å². The number of nitrogens with one attached hydrogen (secondary N) is 1. The molecule has 0 bridgehead atoms. The zero-order valence-electron chi connectivity index (χ0n) is 13.0. The van der Waals surface area contributed by atoms with Crippen molar-refractivity contribution in [2.75, 3.05) is 0 Å². The van der Waals surface area contributed by atoms with E-state index in [1.165, 1.54) is 11.8 Å². The fourth-order valence-electron chi connectivity index (χ4n) is 2.13. The highest BCUT2D eigenvalue weighted by Gasteiger charge is 2.35. The van der Waals surface area contributed by atoms with Gasteiger partial charge in [-0.3, -0.25) is 10.1 Å². The highest BCUT2D eigenvalue weighted by atomic mass is 32.2. The molecule has 6 heteroatoms. The highest BCUT2D eigenvalue weighted by molar-refractivity contribution is 7.99. The summed E-state index contributed by atoms with van der Waals surface area (Å²) in [5, 5.41) is 13.2. The molecule has 2 unspecified atom stereocenters. The number of nitrogens with zero attached hydrogens (tertiary/aromatic N) is 1. The monoisotopic (exact) mass is 300 g/mol. The Morgan fingerprint density at radius 3 is 2.45 bits per heavy atom. The molecule has 0 spiro atoms. The summed E-state index contributed by atoms with van der Waals surface area (Å²) in [6.45, 7) is 11.4. The summed E-state index contributed by atoms with van der Waals surface area (Å²) in [7, 11) is 0. The summed E-state index contributed by atoms with van der Waals surface area (Å²) in [5.41, 5.74) is -0.0712. The second-order valence-electron chi connectivity index (χ2n) is 5.69. The molecule has 2 N–H and O–H groups in total. The smallest absolute Gasteiger partial charge is 0.323 e. The lowest BCUT2D eigenvalue weighted by atomic mass is 9.95. The van der Waals surface area contributed by atoms with Gasteiger partial charge in [-0.2, -0.15) is 0 Å². The van der Waals surface area contributed by atoms with E-state index in [0.717, 1.165) is 11.5 Å². The number of carbonyl (C=O) groups is 1. The number of carboxylic acid groups (broad SMARTS) is 1. The molecule has 0 amide bonds. The lowest BCUT2D eigenvalue weighted by molar-refractivity contribution is -0.144. The molecular formula is C14H24N2O3S. The van der Waals surface area contributed by atoms with Crippen LogP contribution in [0.2, 0.25) is 0 Å². The third-order valence-corrected chi connectivity index (χ3v) is 4.03. The molecule has 0 aromatic carbocycles. The zero-order chi connectivity index (χ0) is 15.5. The van der Waals surface area contributed by atoms with Gasteiger partial charge in [0, 0.05) is 11.3 Å². The van der Waals surface area contributed by atoms with Crippen LogP contribution < -0.4 is 5.32 Å². The number of aliphatic carboxylic acids is 1. The van der Waals surface area contributed by atoms with E-state index in [1.807, 2.05) is 34.6 Å². The molecule has 5 nitrogen and oxygen atoms in total. The number of rotatable bonds is 7. The molecule has 0 saturated carbocycles. The average molecular weight is 300 g/mol. The third kappa shape index (κ3) is 4.52. The van der Waals surface area contributed by atoms with Crippen LogP contribution in [0.25, 0.3) is 0 Å². The quantitative estimate of drug-likeness (QED) is 0.754. The van der Waals surface area contributed by atoms with Gasteiger partial charge in [-0.1, -0.05) is 18.7 Å². The van der Waals surface area contributed by atoms with Crippen LogP contribution in [0.3, 0.4) is 0 Å². The van der Waals surface area contributed by atoms with Crippen LogP contribution in [-0.2, 0) is 4.79 Å². The highest BCUT2D eigenvalue weighted by Crippen LogP contribution is 2.29. The molecule has 0 aliphatic heterocycles. The van der Waals surface area contributed by atoms with Gasteiger partial charge < -0.3 is 9.52 Å². The normalized spacial score (nSPS) is 16.1. The first kappa shape index (κ1) is 17.0. The fraction of sp³-hybridized carbons (Fsp3) is 0.714. The molecular weight excluding hydrogens is 276 g/mol. The summed E-state index contributed by atoms with van der Waals surface area (Å²) in [6, 6.07) is 0.111. The Kier molecular flexibility index (Phi) is 5.65. The van der Waals surface area contributed by atoms with Crippen molar-refractivity contribution in [1.29, 1.82) is 0 Å². The second-order valence-corrected chi connectivity index (χ2v) is 7.08. The molecule has 1 heterocycles. The van der Waals surface area contributed by atoms with Gasteiger partial charge in [-0.15, -0.1) is 0 Å². The summed E-state index contributed by atoms with van der Waals surface area (Å²) in [5.74, 6) is -0.0283. The molecule has 0 radical (unpaired) electrons. The van der Waals surface area contributed by atoms with Crippen LogP contribution in [0.5, 0.6) is 0 Å². The van der Waals surface area contributed by atoms with E-state index in [9.17, 15) is 9.90 Å². The van der Waals surface area contributed by atoms with Crippen LogP contribution in [-0.4, -0.2) is 32.9 Å². The van der Waals surface area contributed by atoms with Gasteiger partial charge >= 0.3 is 5.97 Å². The molecule has 0 aliphatic rings. The Labute approximate surface area is 124 Å². The maximum atomic E-state index is 11.5. The number of hydrogen-bond donors (Lipinski definition) is 2. The number of thioether (sulfide) groups is 1. The van der Waals surface area contributed by atoms with Crippen molar-refractivity contribution < 1.29 is 14.3 Å². The minimum Gasteiger partial charge on any atom is -0.480 e. The van der Waals surface area contributed by atoms with E-state index in [2.05, 4.69) is 10.3 Å². The molecule has 1 aromatic heterocycles. The minimum absolute atomic E-state index is 0.0831. The molecule has 0 fully saturated rings. The predicted molar refractivity (Wildman–Crippen MR) is 80.2 cm³/mol. The minimum atomic E-state index is -0.947. The Bertz CT molecular complexity index is 453. The Morgan fingerprint density at radius 1 is 1.45 bits per heavy atom. The number of hydrogen-bond acceptors (Lipinski definition) is 5. The van der Waals surface area contributed by atoms with Crippen LogP contribution in [0, 0.1) is 13.8 Å². The largest absolute Gasteiger partial charge is 0.480 e. The van der Waals surface area contributed by atoms with E-state index >= 15 is 0 Å². The lowest BCUT2D eigenvalue weighted by Gasteiger charge is -2.30. The first-order valence-electron chi connectivity index (χ1n) is 6.76. The van der Waals surface area contributed by atoms with E-state index < -0.39 is 11.5 Å². The van der Waals surface area contributed by atoms with Crippen molar-refractivity contribution in [3.8, 4) is 0 Å². The van der Waals surface area contributed by atoms with Crippen LogP contribution in [0.15, 0.2) is 9.64 Å². The fourth-order valence-corrected chi connectivity index (χ4v) is 3.25. The Morgan fingerprint density at radius 2 is 2.05 bits per heavy atom. The maximum absolute atomic E-state index is 11.5. The molecule has 1 aromatic rings. The van der Waals surface area contributed by atoms with Crippen molar-refractivity contribution in [2.45, 2.75) is 70.0 Å². The van der Waals surface area contributed by atoms with Gasteiger partial charge in [-0.25, -0.2) is 4.98 Å². The predicted octanol–water partition coefficient (Wildman–Crippen LogP) is 3.00. The van der Waals surface area contributed by atoms with E-state index in [0.29, 0.717) is 11.6 Å². The van der Waals surface area contributed by atoms with E-state index in [1.54, 1.807) is 6.92 Å². The number of aromatic nitrogens is 1. The number of aryl methyl sites for hydroxylation is 2. The molecule has 2 atom stereocenters. The third-order valence-electron chi connectivity index (χ3n) is 3.09. The summed E-state index contributed by atoms with van der Waals surface area (Å²) < 4.78 is 5.53. The SMILES string of the molecule is Cc1nc(SC(C)CC(C)(NC(C)C)C(=O)O)oc1C. The van der Waals surface area contributed by atoms with E-state index in [4.69, 9.17) is 4.42 Å². The molecule has 20 heavy (non-hydrogen) atoms. The van der Waals surface area contributed by atoms with Crippen molar-refractivity contribution in [1.82, 2.24) is 10.3 Å². The standard InChI is InChI=1S/C14H24N2O3S/c1-8(2)16-14(6,12(17)18)7-9(3)20-13-15-10(4)11(5)19-13/h8-9,16H,7H2,1-6H3,(H,17,18). The number of carboxylic acids is 1.